The van der Waals surface area contributed by atoms with Gasteiger partial charge in [-0.3, -0.25) is 4.98 Å². The van der Waals surface area contributed by atoms with Gasteiger partial charge < -0.3 is 108 Å². The van der Waals surface area contributed by atoms with E-state index in [9.17, 15) is 55.5 Å². The Balaban J connectivity index is 0.000000138. The molecular formula is C106H185F5N22O8. The van der Waals surface area contributed by atoms with E-state index in [0.717, 1.165) is 204 Å². The Hall–Kier alpha value is -6.63. The molecular weight excluding hydrogens is 1800 g/mol. The van der Waals surface area contributed by atoms with Crippen LogP contribution in [0.3, 0.4) is 0 Å². The van der Waals surface area contributed by atoms with Gasteiger partial charge >= 0.3 is 48.4 Å². The van der Waals surface area contributed by atoms with E-state index < -0.39 is 37.8 Å². The van der Waals surface area contributed by atoms with E-state index in [1.54, 1.807) is 11.1 Å². The Morgan fingerprint density at radius 3 is 0.894 bits per heavy atom. The molecule has 18 saturated heterocycles. The van der Waals surface area contributed by atoms with Crippen LogP contribution in [0.5, 0.6) is 0 Å². The molecule has 7 atom stereocenters. The van der Waals surface area contributed by atoms with Crippen LogP contribution in [0, 0.1) is 41.4 Å². The first-order valence-electron chi connectivity index (χ1n) is 55.6. The lowest BCUT2D eigenvalue weighted by Crippen LogP contribution is -2.62. The monoisotopic (exact) mass is 1990 g/mol. The van der Waals surface area contributed by atoms with E-state index >= 15 is 0 Å². The maximum Gasteiger partial charge on any atom is 0.406 e. The SMILES string of the molecule is CCN(C(=O)N1CCC[C@H]1C1CCN(C)CC1)C(C)C.CN1CCC([C@@H]2CCCN2C(=O)N(C)C2COC2)CC1.CN1CCC([C@@H]2CCCN2C(=O)N(C)CC(F)(F)F)CC1.CN1CCC([C@@H]2CCCN2C(=O)N(C)Cc2ccccn2)CC1.CN1CCC([C@@H]2CCCN2C(=O)N2CC(F)(F)C2)CC1.CN1CCC([C@@H]2CCCN2C(=O)N2CCC2)CC1.CN1CCC([C@@H]2CCCN2C(=O)N2CCCC2)CC1. The number of nitrogens with zero attached hydrogens (tertiary/aromatic N) is 22. The Labute approximate surface area is 843 Å². The lowest BCUT2D eigenvalue weighted by molar-refractivity contribution is -0.138. The smallest absolute Gasteiger partial charge is 0.377 e. The van der Waals surface area contributed by atoms with Crippen molar-refractivity contribution in [1.29, 1.82) is 0 Å². The molecule has 1 aromatic heterocycles. The molecule has 18 aliphatic rings. The van der Waals surface area contributed by atoms with Crippen LogP contribution in [-0.2, 0) is 11.3 Å². The standard InChI is InChI=1S/C18H28N4O.C16H31N3O.C15H27N3O2.C15H27N3O.C14H24F3N3O.C14H23F2N3O.C14H25N3O/c1-20-12-8-15(9-13-20)17-7-5-11-22(17)18(23)21(2)14-16-6-3-4-10-19-16;1-5-18(13(2)3)16(20)19-10-6-7-15(19)14-8-11-17(4)12-9-14;1-16-8-5-12(6-9-16)14-4-3-7-18(14)15(19)17(2)13-10-20-11-13;1-16-11-6-13(7-12-16)14-5-4-10-18(14)15(19)17-8-2-3-9-17;1-18-8-5-11(6-9-18)12-4-3-7-20(12)13(21)19(2)10-14(15,16)17;1-17-7-4-11(5-8-17)12-3-2-6-19(12)13(20)18-9-14(15,16)10-18;1-15-10-5-12(6-11-15)13-4-2-9-17(13)14(18)16-7-3-8-16/h3-4,6,10,15,17H,5,7-9,11-14H2,1-2H3;13-15H,5-12H2,1-4H3;12-14H,3-11H2,1-2H3;13-14H,2-12H2,1H3;11-12H,3-10H2,1-2H3;11-12H,2-10H2,1H3;12-13H,2-11H2,1H3/t17-;15-;2*14-;2*12-;13-/m0000000/s1. The fourth-order valence-electron chi connectivity index (χ4n) is 26.4. The number of ether oxygens (including phenoxy) is 1. The minimum absolute atomic E-state index is 0.113. The Kier molecular flexibility index (Phi) is 42.2. The number of alkyl halides is 5. The summed E-state index contributed by atoms with van der Waals surface area (Å²) in [5.41, 5.74) is 0.943. The van der Waals surface area contributed by atoms with Gasteiger partial charge in [-0.2, -0.15) is 13.2 Å². The third kappa shape index (κ3) is 30.8. The molecule has 1 aromatic rings. The molecule has 0 aromatic carbocycles. The van der Waals surface area contributed by atoms with Gasteiger partial charge in [0.25, 0.3) is 5.92 Å². The minimum atomic E-state index is -4.34. The predicted octanol–water partition coefficient (Wildman–Crippen LogP) is 14.2. The van der Waals surface area contributed by atoms with E-state index in [-0.39, 0.29) is 36.2 Å². The van der Waals surface area contributed by atoms with Crippen LogP contribution < -0.4 is 0 Å². The maximum atomic E-state index is 12.9. The van der Waals surface area contributed by atoms with Gasteiger partial charge in [0, 0.05) is 154 Å². The summed E-state index contributed by atoms with van der Waals surface area (Å²) < 4.78 is 68.3. The second-order valence-corrected chi connectivity index (χ2v) is 45.9. The zero-order valence-corrected chi connectivity index (χ0v) is 89.1. The van der Waals surface area contributed by atoms with Gasteiger partial charge in [0.1, 0.15) is 6.54 Å². The van der Waals surface area contributed by atoms with Crippen LogP contribution in [0.4, 0.5) is 55.5 Å². The molecule has 0 saturated carbocycles. The number of pyridine rings is 1. The van der Waals surface area contributed by atoms with Crippen LogP contribution in [-0.4, -0.2) is 490 Å². The predicted molar refractivity (Wildman–Crippen MR) is 545 cm³/mol. The zero-order valence-electron chi connectivity index (χ0n) is 89.1. The molecule has 0 aliphatic carbocycles. The summed E-state index contributed by atoms with van der Waals surface area (Å²) in [7, 11) is 20.2. The van der Waals surface area contributed by atoms with E-state index in [4.69, 9.17) is 4.74 Å². The molecule has 18 aliphatic heterocycles. The van der Waals surface area contributed by atoms with Crippen molar-refractivity contribution in [3.63, 3.8) is 0 Å². The van der Waals surface area contributed by atoms with Crippen molar-refractivity contribution in [2.75, 3.05) is 273 Å². The molecule has 802 valence electrons. The van der Waals surface area contributed by atoms with Gasteiger partial charge in [0.2, 0.25) is 0 Å². The number of hydrogen-bond donors (Lipinski definition) is 0. The summed E-state index contributed by atoms with van der Waals surface area (Å²) in [5, 5.41) is 0. The number of urea groups is 7. The highest BCUT2D eigenvalue weighted by molar-refractivity contribution is 5.79. The molecule has 0 bridgehead atoms. The number of carbonyl (C=O) groups is 7. The minimum Gasteiger partial charge on any atom is -0.377 e. The summed E-state index contributed by atoms with van der Waals surface area (Å²) in [6.07, 6.45) is 33.5. The molecule has 0 radical (unpaired) electrons. The normalized spacial score (nSPS) is 27.8. The average Bonchev–Trinajstić information content (AvgIpc) is 1.70. The third-order valence-electron chi connectivity index (χ3n) is 35.5. The first-order valence-corrected chi connectivity index (χ1v) is 55.6. The number of hydrogen-bond acceptors (Lipinski definition) is 16. The fourth-order valence-corrected chi connectivity index (χ4v) is 26.4. The maximum absolute atomic E-state index is 12.9. The van der Waals surface area contributed by atoms with Gasteiger partial charge in [-0.25, -0.2) is 42.3 Å². The highest BCUT2D eigenvalue weighted by Gasteiger charge is 2.51. The van der Waals surface area contributed by atoms with Crippen LogP contribution >= 0.6 is 0 Å². The average molecular weight is 1990 g/mol. The topological polar surface area (TPSA) is 210 Å². The highest BCUT2D eigenvalue weighted by atomic mass is 19.4. The highest BCUT2D eigenvalue weighted by Crippen LogP contribution is 2.41. The lowest BCUT2D eigenvalue weighted by atomic mass is 9.88. The fraction of sp³-hybridized carbons (Fsp3) is 0.887. The molecule has 0 unspecified atom stereocenters. The van der Waals surface area contributed by atoms with Crippen molar-refractivity contribution in [2.45, 2.75) is 293 Å². The number of carbonyl (C=O) groups excluding carboxylic acids is 7. The second kappa shape index (κ2) is 53.3. The third-order valence-corrected chi connectivity index (χ3v) is 35.5. The van der Waals surface area contributed by atoms with Crippen molar-refractivity contribution in [2.24, 2.45) is 41.4 Å². The molecule has 0 spiro atoms. The summed E-state index contributed by atoms with van der Waals surface area (Å²) in [5.74, 6) is 1.86. The van der Waals surface area contributed by atoms with E-state index in [2.05, 4.69) is 139 Å². The summed E-state index contributed by atoms with van der Waals surface area (Å²) in [4.78, 5) is 135. The van der Waals surface area contributed by atoms with Crippen molar-refractivity contribution < 1.29 is 60.3 Å². The molecule has 30 nitrogen and oxygen atoms in total. The molecule has 19 heterocycles. The largest absolute Gasteiger partial charge is 0.406 e. The molecule has 14 amide bonds. The van der Waals surface area contributed by atoms with Crippen LogP contribution in [0.15, 0.2) is 24.4 Å². The summed E-state index contributed by atoms with van der Waals surface area (Å²) >= 11 is 0. The van der Waals surface area contributed by atoms with Crippen LogP contribution in [0.1, 0.15) is 226 Å². The quantitative estimate of drug-likeness (QED) is 0.168. The molecule has 19 rings (SSSR count). The van der Waals surface area contributed by atoms with Gasteiger partial charge in [-0.05, 0) is 414 Å². The number of halogens is 5. The number of aromatic nitrogens is 1. The van der Waals surface area contributed by atoms with E-state index in [1.165, 1.54) is 193 Å². The molecule has 18 fully saturated rings. The van der Waals surface area contributed by atoms with Gasteiger partial charge in [-0.15, -0.1) is 0 Å². The van der Waals surface area contributed by atoms with Gasteiger partial charge in [0.15, 0.2) is 0 Å². The second-order valence-electron chi connectivity index (χ2n) is 45.9. The van der Waals surface area contributed by atoms with Crippen molar-refractivity contribution in [1.82, 2.24) is 108 Å². The molecule has 141 heavy (non-hydrogen) atoms. The lowest BCUT2D eigenvalue weighted by Gasteiger charge is -2.43. The molecule has 0 N–H and O–H groups in total. The summed E-state index contributed by atoms with van der Waals surface area (Å²) in [6.45, 7) is 33.2. The number of piperidine rings is 7. The Morgan fingerprint density at radius 2 is 0.638 bits per heavy atom. The number of amides is 14. The van der Waals surface area contributed by atoms with Crippen LogP contribution in [0.2, 0.25) is 0 Å². The summed E-state index contributed by atoms with van der Waals surface area (Å²) in [6, 6.07) is 9.94. The van der Waals surface area contributed by atoms with Gasteiger partial charge in [-0.1, -0.05) is 6.07 Å². The number of rotatable bonds is 13. The van der Waals surface area contributed by atoms with Crippen molar-refractivity contribution in [3.8, 4) is 0 Å². The Bertz CT molecular complexity index is 3950. The van der Waals surface area contributed by atoms with Crippen molar-refractivity contribution in [3.05, 3.63) is 30.1 Å². The molecule has 35 heteroatoms. The first kappa shape index (κ1) is 112. The van der Waals surface area contributed by atoms with Gasteiger partial charge in [0.05, 0.1) is 44.6 Å². The van der Waals surface area contributed by atoms with Crippen LogP contribution in [0.25, 0.3) is 0 Å². The number of likely N-dealkylation sites (N-methyl/N-ethyl adjacent to an activating group) is 1. The zero-order chi connectivity index (χ0) is 101. The van der Waals surface area contributed by atoms with E-state index in [0.29, 0.717) is 110 Å². The number of likely N-dealkylation sites (tertiary alicyclic amines) is 17. The first-order chi connectivity index (χ1) is 67.6. The van der Waals surface area contributed by atoms with E-state index in [1.807, 2.05) is 56.8 Å². The van der Waals surface area contributed by atoms with Crippen molar-refractivity contribution >= 4 is 42.2 Å². The Morgan fingerprint density at radius 1 is 0.362 bits per heavy atom.